The van der Waals surface area contributed by atoms with Crippen LogP contribution < -0.4 is 5.32 Å². The van der Waals surface area contributed by atoms with E-state index in [9.17, 15) is 4.79 Å². The summed E-state index contributed by atoms with van der Waals surface area (Å²) >= 11 is 0. The van der Waals surface area contributed by atoms with Gasteiger partial charge >= 0.3 is 0 Å². The summed E-state index contributed by atoms with van der Waals surface area (Å²) < 4.78 is 0. The van der Waals surface area contributed by atoms with Crippen molar-refractivity contribution in [2.45, 2.75) is 25.8 Å². The van der Waals surface area contributed by atoms with Crippen LogP contribution in [0.3, 0.4) is 0 Å². The van der Waals surface area contributed by atoms with E-state index in [-0.39, 0.29) is 5.92 Å². The highest BCUT2D eigenvalue weighted by molar-refractivity contribution is 5.81. The summed E-state index contributed by atoms with van der Waals surface area (Å²) in [6.45, 7) is 4.83. The lowest BCUT2D eigenvalue weighted by Crippen LogP contribution is -2.54. The molecule has 1 amide bonds. The number of nitrogens with zero attached hydrogens (tertiary/aromatic N) is 1. The lowest BCUT2D eigenvalue weighted by molar-refractivity contribution is -0.138. The van der Waals surface area contributed by atoms with Crippen LogP contribution in [0.1, 0.15) is 18.1 Å². The van der Waals surface area contributed by atoms with Gasteiger partial charge in [0, 0.05) is 31.6 Å². The quantitative estimate of drug-likeness (QED) is 0.805. The number of carbonyl (C=O) groups excluding carboxylic acids is 1. The highest BCUT2D eigenvalue weighted by atomic mass is 16.2. The molecule has 1 saturated heterocycles. The number of carbonyl (C=O) groups is 1. The van der Waals surface area contributed by atoms with Gasteiger partial charge in [-0.25, -0.2) is 0 Å². The summed E-state index contributed by atoms with van der Waals surface area (Å²) in [7, 11) is 0. The molecule has 1 aliphatic heterocycles. The van der Waals surface area contributed by atoms with Gasteiger partial charge in [0.05, 0.1) is 0 Å². The Balaban J connectivity index is 1.72. The molecule has 0 radical (unpaired) electrons. The molecule has 1 atom stereocenters. The lowest BCUT2D eigenvalue weighted by atomic mass is 10.0. The van der Waals surface area contributed by atoms with E-state index >= 15 is 0 Å². The molecule has 1 heterocycles. The fraction of sp³-hybridized carbons (Fsp3) is 0.533. The summed E-state index contributed by atoms with van der Waals surface area (Å²) in [5.74, 6) is 0.517. The molecule has 2 aliphatic rings. The van der Waals surface area contributed by atoms with Gasteiger partial charge in [0.15, 0.2) is 0 Å². The first kappa shape index (κ1) is 11.7. The molecule has 96 valence electrons. The molecule has 1 aromatic rings. The van der Waals surface area contributed by atoms with E-state index in [1.54, 1.807) is 0 Å². The van der Waals surface area contributed by atoms with E-state index in [1.807, 2.05) is 0 Å². The van der Waals surface area contributed by atoms with Crippen LogP contribution in [-0.2, 0) is 17.6 Å². The number of fused-ring (bicyclic) bond motifs is 1. The van der Waals surface area contributed by atoms with E-state index in [2.05, 4.69) is 41.4 Å². The van der Waals surface area contributed by atoms with E-state index < -0.39 is 0 Å². The molecule has 3 nitrogen and oxygen atoms in total. The zero-order valence-electron chi connectivity index (χ0n) is 10.9. The van der Waals surface area contributed by atoms with Gasteiger partial charge in [0.25, 0.3) is 0 Å². The van der Waals surface area contributed by atoms with Gasteiger partial charge in [-0.3, -0.25) is 4.79 Å². The zero-order chi connectivity index (χ0) is 12.5. The van der Waals surface area contributed by atoms with Crippen LogP contribution in [-0.4, -0.2) is 36.5 Å². The maximum atomic E-state index is 12.6. The SMILES string of the molecule is CC1CNCCN1C(=O)C1Cc2ccccc2C1. The maximum absolute atomic E-state index is 12.6. The van der Waals surface area contributed by atoms with Crippen molar-refractivity contribution < 1.29 is 4.79 Å². The molecule has 1 unspecified atom stereocenters. The number of hydrogen-bond acceptors (Lipinski definition) is 2. The molecule has 1 aliphatic carbocycles. The van der Waals surface area contributed by atoms with Gasteiger partial charge in [-0.05, 0) is 30.9 Å². The monoisotopic (exact) mass is 244 g/mol. The Hall–Kier alpha value is -1.35. The lowest BCUT2D eigenvalue weighted by Gasteiger charge is -2.35. The second kappa shape index (κ2) is 4.73. The zero-order valence-corrected chi connectivity index (χ0v) is 10.9. The smallest absolute Gasteiger partial charge is 0.226 e. The van der Waals surface area contributed by atoms with Crippen LogP contribution in [0.25, 0.3) is 0 Å². The summed E-state index contributed by atoms with van der Waals surface area (Å²) in [5, 5.41) is 3.33. The fourth-order valence-electron chi connectivity index (χ4n) is 3.14. The Morgan fingerprint density at radius 3 is 2.56 bits per heavy atom. The number of amides is 1. The molecule has 1 aromatic carbocycles. The van der Waals surface area contributed by atoms with Crippen molar-refractivity contribution in [1.82, 2.24) is 10.2 Å². The van der Waals surface area contributed by atoms with Crippen molar-refractivity contribution in [2.24, 2.45) is 5.92 Å². The number of nitrogens with one attached hydrogen (secondary N) is 1. The number of piperazine rings is 1. The third-order valence-electron chi connectivity index (χ3n) is 4.18. The predicted molar refractivity (Wildman–Crippen MR) is 71.4 cm³/mol. The van der Waals surface area contributed by atoms with E-state index in [4.69, 9.17) is 0 Å². The Morgan fingerprint density at radius 2 is 1.94 bits per heavy atom. The number of hydrogen-bond donors (Lipinski definition) is 1. The molecule has 18 heavy (non-hydrogen) atoms. The van der Waals surface area contributed by atoms with Crippen LogP contribution in [0.15, 0.2) is 24.3 Å². The predicted octanol–water partition coefficient (Wildman–Crippen LogP) is 1.22. The van der Waals surface area contributed by atoms with Crippen molar-refractivity contribution in [3.63, 3.8) is 0 Å². The summed E-state index contributed by atoms with van der Waals surface area (Å²) in [5.41, 5.74) is 2.72. The Bertz CT molecular complexity index is 433. The number of benzene rings is 1. The third-order valence-corrected chi connectivity index (χ3v) is 4.18. The van der Waals surface area contributed by atoms with Crippen LogP contribution in [0, 0.1) is 5.92 Å². The van der Waals surface area contributed by atoms with Gasteiger partial charge in [-0.1, -0.05) is 24.3 Å². The summed E-state index contributed by atoms with van der Waals surface area (Å²) in [6, 6.07) is 8.78. The third kappa shape index (κ3) is 2.03. The normalized spacial score (nSPS) is 24.1. The first-order chi connectivity index (χ1) is 8.75. The Morgan fingerprint density at radius 1 is 1.28 bits per heavy atom. The van der Waals surface area contributed by atoms with Crippen molar-refractivity contribution in [3.05, 3.63) is 35.4 Å². The Kier molecular flexibility index (Phi) is 3.08. The molecule has 3 heteroatoms. The molecule has 0 aromatic heterocycles. The molecule has 1 fully saturated rings. The van der Waals surface area contributed by atoms with Crippen LogP contribution in [0.4, 0.5) is 0 Å². The second-order valence-electron chi connectivity index (χ2n) is 5.46. The highest BCUT2D eigenvalue weighted by Gasteiger charge is 2.33. The largest absolute Gasteiger partial charge is 0.337 e. The highest BCUT2D eigenvalue weighted by Crippen LogP contribution is 2.28. The fourth-order valence-corrected chi connectivity index (χ4v) is 3.14. The maximum Gasteiger partial charge on any atom is 0.226 e. The minimum atomic E-state index is 0.169. The van der Waals surface area contributed by atoms with Gasteiger partial charge in [0.2, 0.25) is 5.91 Å². The second-order valence-corrected chi connectivity index (χ2v) is 5.46. The van der Waals surface area contributed by atoms with Gasteiger partial charge in [-0.15, -0.1) is 0 Å². The average molecular weight is 244 g/mol. The van der Waals surface area contributed by atoms with Crippen molar-refractivity contribution in [2.75, 3.05) is 19.6 Å². The van der Waals surface area contributed by atoms with Crippen LogP contribution >= 0.6 is 0 Å². The Labute approximate surface area is 108 Å². The first-order valence-corrected chi connectivity index (χ1v) is 6.83. The standard InChI is InChI=1S/C15H20N2O/c1-11-10-16-6-7-17(11)15(18)14-8-12-4-2-3-5-13(12)9-14/h2-5,11,14,16H,6-10H2,1H3. The van der Waals surface area contributed by atoms with E-state index in [1.165, 1.54) is 11.1 Å². The van der Waals surface area contributed by atoms with Crippen molar-refractivity contribution >= 4 is 5.91 Å². The van der Waals surface area contributed by atoms with E-state index in [0.29, 0.717) is 11.9 Å². The molecule has 1 N–H and O–H groups in total. The van der Waals surface area contributed by atoms with Crippen molar-refractivity contribution in [3.8, 4) is 0 Å². The van der Waals surface area contributed by atoms with Crippen LogP contribution in [0.5, 0.6) is 0 Å². The minimum Gasteiger partial charge on any atom is -0.337 e. The molecule has 0 bridgehead atoms. The molecule has 0 saturated carbocycles. The van der Waals surface area contributed by atoms with Gasteiger partial charge in [-0.2, -0.15) is 0 Å². The molecule has 3 rings (SSSR count). The van der Waals surface area contributed by atoms with Crippen LogP contribution in [0.2, 0.25) is 0 Å². The van der Waals surface area contributed by atoms with Crippen molar-refractivity contribution in [1.29, 1.82) is 0 Å². The molecular formula is C15H20N2O. The van der Waals surface area contributed by atoms with Gasteiger partial charge in [0.1, 0.15) is 0 Å². The summed E-state index contributed by atoms with van der Waals surface area (Å²) in [4.78, 5) is 14.6. The topological polar surface area (TPSA) is 32.3 Å². The number of rotatable bonds is 1. The summed E-state index contributed by atoms with van der Waals surface area (Å²) in [6.07, 6.45) is 1.84. The minimum absolute atomic E-state index is 0.169. The first-order valence-electron chi connectivity index (χ1n) is 6.83. The van der Waals surface area contributed by atoms with E-state index in [0.717, 1.165) is 32.5 Å². The molecule has 0 spiro atoms. The average Bonchev–Trinajstić information content (AvgIpc) is 2.82. The van der Waals surface area contributed by atoms with Gasteiger partial charge < -0.3 is 10.2 Å². The molecular weight excluding hydrogens is 224 g/mol.